The second-order valence-corrected chi connectivity index (χ2v) is 6.16. The van der Waals surface area contributed by atoms with Crippen molar-refractivity contribution in [1.82, 2.24) is 5.32 Å². The number of thiocarbonyl (C=S) groups is 1. The fraction of sp³-hybridized carbons (Fsp3) is 0.467. The van der Waals surface area contributed by atoms with E-state index in [1.165, 1.54) is 0 Å². The summed E-state index contributed by atoms with van der Waals surface area (Å²) in [6.45, 7) is 6.48. The summed E-state index contributed by atoms with van der Waals surface area (Å²) in [5.74, 6) is 0.669. The number of anilines is 1. The van der Waals surface area contributed by atoms with Crippen LogP contribution in [-0.4, -0.2) is 24.9 Å². The van der Waals surface area contributed by atoms with Gasteiger partial charge < -0.3 is 15.4 Å². The van der Waals surface area contributed by atoms with Crippen LogP contribution in [0.5, 0.6) is 0 Å². The molecule has 0 atom stereocenters. The largest absolute Gasteiger partial charge is 0.380 e. The van der Waals surface area contributed by atoms with Gasteiger partial charge in [-0.2, -0.15) is 5.26 Å². The summed E-state index contributed by atoms with van der Waals surface area (Å²) >= 11 is 6.34. The molecule has 2 N–H and O–H groups in total. The van der Waals surface area contributed by atoms with Crippen molar-refractivity contribution in [3.63, 3.8) is 0 Å². The normalized spacial score (nSPS) is 10.2. The van der Waals surface area contributed by atoms with Crippen molar-refractivity contribution in [2.45, 2.75) is 25.2 Å². The Kier molecular flexibility index (Phi) is 8.83. The Balaban J connectivity index is 2.17. The SMILES string of the molecule is CC(C)CCOCCNC(=S)Nc1ccc(SC#N)cc1. The number of rotatable bonds is 8. The van der Waals surface area contributed by atoms with E-state index in [0.717, 1.165) is 35.4 Å². The van der Waals surface area contributed by atoms with Crippen LogP contribution in [0.2, 0.25) is 0 Å². The molecular formula is C15H21N3OS2. The molecule has 0 unspecified atom stereocenters. The summed E-state index contributed by atoms with van der Waals surface area (Å²) in [6, 6.07) is 7.56. The van der Waals surface area contributed by atoms with Crippen molar-refractivity contribution in [1.29, 1.82) is 5.26 Å². The smallest absolute Gasteiger partial charge is 0.170 e. The number of benzene rings is 1. The third kappa shape index (κ3) is 8.56. The summed E-state index contributed by atoms with van der Waals surface area (Å²) < 4.78 is 5.50. The molecule has 4 nitrogen and oxygen atoms in total. The van der Waals surface area contributed by atoms with Gasteiger partial charge in [0, 0.05) is 23.7 Å². The Morgan fingerprint density at radius 2 is 2.05 bits per heavy atom. The van der Waals surface area contributed by atoms with Gasteiger partial charge in [0.15, 0.2) is 5.11 Å². The van der Waals surface area contributed by atoms with E-state index in [4.69, 9.17) is 22.2 Å². The first-order valence-electron chi connectivity index (χ1n) is 6.90. The summed E-state index contributed by atoms with van der Waals surface area (Å²) in [5, 5.41) is 17.4. The minimum atomic E-state index is 0.572. The van der Waals surface area contributed by atoms with Crippen LogP contribution >= 0.6 is 24.0 Å². The average Bonchev–Trinajstić information content (AvgIpc) is 2.45. The van der Waals surface area contributed by atoms with E-state index in [1.807, 2.05) is 29.7 Å². The Bertz CT molecular complexity index is 469. The molecule has 0 bridgehead atoms. The molecule has 0 radical (unpaired) electrons. The molecule has 0 saturated heterocycles. The molecule has 1 aromatic rings. The Labute approximate surface area is 136 Å². The minimum Gasteiger partial charge on any atom is -0.380 e. The maximum Gasteiger partial charge on any atom is 0.170 e. The zero-order valence-electron chi connectivity index (χ0n) is 12.4. The van der Waals surface area contributed by atoms with Crippen LogP contribution in [0.15, 0.2) is 29.2 Å². The van der Waals surface area contributed by atoms with Crippen LogP contribution in [0.1, 0.15) is 20.3 Å². The number of nitrogens with zero attached hydrogens (tertiary/aromatic N) is 1. The van der Waals surface area contributed by atoms with E-state index in [0.29, 0.717) is 24.2 Å². The number of nitrogens with one attached hydrogen (secondary N) is 2. The molecule has 0 saturated carbocycles. The number of hydrogen-bond acceptors (Lipinski definition) is 4. The summed E-state index contributed by atoms with van der Waals surface area (Å²) in [4.78, 5) is 0.917. The number of thioether (sulfide) groups is 1. The van der Waals surface area contributed by atoms with Crippen molar-refractivity contribution < 1.29 is 4.74 Å². The molecule has 21 heavy (non-hydrogen) atoms. The standard InChI is InChI=1S/C15H21N3OS2/c1-12(2)7-9-19-10-8-17-15(20)18-13-3-5-14(6-4-13)21-11-16/h3-6,12H,7-10H2,1-2H3,(H2,17,18,20). The van der Waals surface area contributed by atoms with Gasteiger partial charge in [-0.25, -0.2) is 0 Å². The molecule has 1 rings (SSSR count). The molecule has 0 aliphatic carbocycles. The van der Waals surface area contributed by atoms with E-state index in [2.05, 4.69) is 24.5 Å². The molecule has 0 aromatic heterocycles. The van der Waals surface area contributed by atoms with Crippen molar-refractivity contribution in [3.05, 3.63) is 24.3 Å². The topological polar surface area (TPSA) is 57.1 Å². The van der Waals surface area contributed by atoms with Crippen LogP contribution in [0.25, 0.3) is 0 Å². The van der Waals surface area contributed by atoms with E-state index in [9.17, 15) is 0 Å². The van der Waals surface area contributed by atoms with E-state index in [1.54, 1.807) is 0 Å². The van der Waals surface area contributed by atoms with Crippen LogP contribution < -0.4 is 10.6 Å². The lowest BCUT2D eigenvalue weighted by atomic mass is 10.1. The molecule has 6 heteroatoms. The summed E-state index contributed by atoms with van der Waals surface area (Å²) in [7, 11) is 0. The van der Waals surface area contributed by atoms with E-state index >= 15 is 0 Å². The minimum absolute atomic E-state index is 0.572. The molecule has 0 aliphatic rings. The van der Waals surface area contributed by atoms with Gasteiger partial charge in [0.05, 0.1) is 6.61 Å². The quantitative estimate of drug-likeness (QED) is 0.330. The number of ether oxygens (including phenoxy) is 1. The first-order valence-corrected chi connectivity index (χ1v) is 8.13. The monoisotopic (exact) mass is 323 g/mol. The van der Waals surface area contributed by atoms with Crippen LogP contribution in [0.3, 0.4) is 0 Å². The fourth-order valence-electron chi connectivity index (χ4n) is 1.49. The fourth-order valence-corrected chi connectivity index (χ4v) is 2.09. The first kappa shape index (κ1) is 17.8. The van der Waals surface area contributed by atoms with Crippen LogP contribution in [-0.2, 0) is 4.74 Å². The molecule has 0 fully saturated rings. The van der Waals surface area contributed by atoms with Crippen LogP contribution in [0, 0.1) is 16.6 Å². The molecule has 0 aliphatic heterocycles. The third-order valence-electron chi connectivity index (χ3n) is 2.65. The van der Waals surface area contributed by atoms with Crippen molar-refractivity contribution in [2.24, 2.45) is 5.92 Å². The molecule has 1 aromatic carbocycles. The number of nitriles is 1. The second-order valence-electron chi connectivity index (χ2n) is 4.89. The van der Waals surface area contributed by atoms with Crippen molar-refractivity contribution in [3.8, 4) is 5.40 Å². The number of thiocyanates is 1. The Morgan fingerprint density at radius 1 is 1.33 bits per heavy atom. The van der Waals surface area contributed by atoms with E-state index < -0.39 is 0 Å². The summed E-state index contributed by atoms with van der Waals surface area (Å²) in [5.41, 5.74) is 0.899. The predicted molar refractivity (Wildman–Crippen MR) is 92.4 cm³/mol. The van der Waals surface area contributed by atoms with Gasteiger partial charge in [0.25, 0.3) is 0 Å². The van der Waals surface area contributed by atoms with Gasteiger partial charge in [-0.3, -0.25) is 0 Å². The molecule has 0 heterocycles. The lowest BCUT2D eigenvalue weighted by molar-refractivity contribution is 0.128. The third-order valence-corrected chi connectivity index (χ3v) is 3.49. The van der Waals surface area contributed by atoms with Gasteiger partial charge in [0.2, 0.25) is 0 Å². The lowest BCUT2D eigenvalue weighted by Gasteiger charge is -2.11. The van der Waals surface area contributed by atoms with Gasteiger partial charge in [0.1, 0.15) is 5.40 Å². The highest BCUT2D eigenvalue weighted by Gasteiger charge is 1.99. The summed E-state index contributed by atoms with van der Waals surface area (Å²) in [6.07, 6.45) is 1.08. The molecular weight excluding hydrogens is 302 g/mol. The molecule has 114 valence electrons. The highest BCUT2D eigenvalue weighted by Crippen LogP contribution is 2.18. The highest BCUT2D eigenvalue weighted by atomic mass is 32.2. The maximum absolute atomic E-state index is 8.58. The Hall–Kier alpha value is -1.29. The zero-order chi connectivity index (χ0) is 15.5. The van der Waals surface area contributed by atoms with E-state index in [-0.39, 0.29) is 0 Å². The van der Waals surface area contributed by atoms with Gasteiger partial charge in [-0.15, -0.1) is 0 Å². The van der Waals surface area contributed by atoms with Gasteiger partial charge in [-0.1, -0.05) is 13.8 Å². The van der Waals surface area contributed by atoms with Crippen molar-refractivity contribution >= 4 is 34.8 Å². The Morgan fingerprint density at radius 3 is 2.67 bits per heavy atom. The number of hydrogen-bond donors (Lipinski definition) is 2. The molecule has 0 spiro atoms. The first-order chi connectivity index (χ1) is 10.1. The molecule has 0 amide bonds. The van der Waals surface area contributed by atoms with Gasteiger partial charge >= 0.3 is 0 Å². The lowest BCUT2D eigenvalue weighted by Crippen LogP contribution is -2.31. The average molecular weight is 323 g/mol. The maximum atomic E-state index is 8.58. The highest BCUT2D eigenvalue weighted by molar-refractivity contribution is 8.03. The predicted octanol–water partition coefficient (Wildman–Crippen LogP) is 3.61. The van der Waals surface area contributed by atoms with Crippen LogP contribution in [0.4, 0.5) is 5.69 Å². The zero-order valence-corrected chi connectivity index (χ0v) is 14.0. The van der Waals surface area contributed by atoms with Gasteiger partial charge in [-0.05, 0) is 60.6 Å². The van der Waals surface area contributed by atoms with Crippen molar-refractivity contribution in [2.75, 3.05) is 25.1 Å². The second kappa shape index (κ2) is 10.4.